The Bertz CT molecular complexity index is 269. The summed E-state index contributed by atoms with van der Waals surface area (Å²) >= 11 is 0.865. The largest absolute Gasteiger partial charge is 0.374 e. The van der Waals surface area contributed by atoms with Crippen LogP contribution in [0.2, 0.25) is 0 Å². The van der Waals surface area contributed by atoms with Crippen LogP contribution in [0.4, 0.5) is 5.13 Å². The third kappa shape index (κ3) is 1.16. The van der Waals surface area contributed by atoms with Gasteiger partial charge in [0.1, 0.15) is 0 Å². The topological polar surface area (TPSA) is 85.9 Å². The molecule has 0 saturated heterocycles. The molecule has 0 aliphatic rings. The van der Waals surface area contributed by atoms with Crippen molar-refractivity contribution in [3.05, 3.63) is 5.82 Å². The van der Waals surface area contributed by atoms with Gasteiger partial charge in [-0.05, 0) is 0 Å². The third-order valence-corrected chi connectivity index (χ3v) is 1.28. The Morgan fingerprint density at radius 1 is 1.70 bits per heavy atom. The highest BCUT2D eigenvalue weighted by atomic mass is 32.1. The van der Waals surface area contributed by atoms with Crippen LogP contribution in [-0.4, -0.2) is 21.4 Å². The highest BCUT2D eigenvalue weighted by Crippen LogP contribution is 2.04. The zero-order valence-electron chi connectivity index (χ0n) is 4.70. The van der Waals surface area contributed by atoms with Gasteiger partial charge in [-0.25, -0.2) is 0 Å². The highest BCUT2D eigenvalue weighted by molar-refractivity contribution is 7.09. The van der Waals surface area contributed by atoms with Crippen molar-refractivity contribution in [2.75, 3.05) is 5.73 Å². The van der Waals surface area contributed by atoms with E-state index in [1.54, 1.807) is 0 Å². The number of rotatable bonds is 2. The molecular formula is C4H2N3O2S. The van der Waals surface area contributed by atoms with Crippen molar-refractivity contribution in [2.24, 2.45) is 0 Å². The molecule has 10 heavy (non-hydrogen) atoms. The van der Waals surface area contributed by atoms with Crippen LogP contribution in [0.1, 0.15) is 10.6 Å². The zero-order valence-corrected chi connectivity index (χ0v) is 5.51. The van der Waals surface area contributed by atoms with Gasteiger partial charge in [-0.3, -0.25) is 9.59 Å². The van der Waals surface area contributed by atoms with E-state index in [4.69, 9.17) is 5.73 Å². The summed E-state index contributed by atoms with van der Waals surface area (Å²) in [6.07, 6.45) is 1.13. The first-order valence-corrected chi connectivity index (χ1v) is 3.03. The van der Waals surface area contributed by atoms with E-state index in [1.165, 1.54) is 0 Å². The molecule has 2 N–H and O–H groups in total. The summed E-state index contributed by atoms with van der Waals surface area (Å²) in [5.74, 6) is -1.05. The van der Waals surface area contributed by atoms with Gasteiger partial charge in [-0.2, -0.15) is 9.36 Å². The Balaban J connectivity index is 2.95. The molecule has 0 aliphatic heterocycles. The molecule has 0 unspecified atom stereocenters. The molecule has 51 valence electrons. The van der Waals surface area contributed by atoms with E-state index in [2.05, 4.69) is 9.36 Å². The van der Waals surface area contributed by atoms with E-state index < -0.39 is 5.78 Å². The predicted octanol–water partition coefficient (Wildman–Crippen LogP) is -0.587. The number of Topliss-reactive ketones (excluding diaryl/α,β-unsaturated/α-hetero) is 1. The van der Waals surface area contributed by atoms with Gasteiger partial charge in [-0.15, -0.1) is 0 Å². The molecule has 1 aromatic rings. The van der Waals surface area contributed by atoms with Crippen molar-refractivity contribution in [2.45, 2.75) is 0 Å². The number of carbonyl (C=O) groups excluding carboxylic acids is 2. The van der Waals surface area contributed by atoms with E-state index in [1.807, 2.05) is 0 Å². The molecule has 0 atom stereocenters. The van der Waals surface area contributed by atoms with E-state index in [-0.39, 0.29) is 11.0 Å². The monoisotopic (exact) mass is 156 g/mol. The average Bonchev–Trinajstić information content (AvgIpc) is 2.34. The van der Waals surface area contributed by atoms with E-state index in [0.717, 1.165) is 17.8 Å². The summed E-state index contributed by atoms with van der Waals surface area (Å²) in [6.45, 7) is 0. The van der Waals surface area contributed by atoms with Gasteiger partial charge >= 0.3 is 0 Å². The smallest absolute Gasteiger partial charge is 0.281 e. The lowest BCUT2D eigenvalue weighted by Crippen LogP contribution is -2.01. The van der Waals surface area contributed by atoms with Crippen molar-refractivity contribution in [1.82, 2.24) is 9.36 Å². The Labute approximate surface area is 60.0 Å². The molecule has 5 nitrogen and oxygen atoms in total. The van der Waals surface area contributed by atoms with Crippen LogP contribution >= 0.6 is 11.5 Å². The second-order valence-electron chi connectivity index (χ2n) is 1.39. The lowest BCUT2D eigenvalue weighted by molar-refractivity contribution is 0.105. The molecule has 1 radical (unpaired) electrons. The number of anilines is 1. The zero-order chi connectivity index (χ0) is 7.56. The van der Waals surface area contributed by atoms with Crippen LogP contribution in [-0.2, 0) is 4.79 Å². The normalized spacial score (nSPS) is 9.20. The van der Waals surface area contributed by atoms with E-state index in [9.17, 15) is 9.59 Å². The number of nitrogens with two attached hydrogens (primary N) is 1. The van der Waals surface area contributed by atoms with Gasteiger partial charge in [-0.1, -0.05) is 0 Å². The molecule has 1 rings (SSSR count). The van der Waals surface area contributed by atoms with Crippen LogP contribution in [0.3, 0.4) is 0 Å². The van der Waals surface area contributed by atoms with E-state index in [0.29, 0.717) is 0 Å². The lowest BCUT2D eigenvalue weighted by atomic mass is 10.4. The summed E-state index contributed by atoms with van der Waals surface area (Å²) in [7, 11) is 0. The Hall–Kier alpha value is -1.30. The maximum atomic E-state index is 10.4. The molecule has 1 aromatic heterocycles. The Morgan fingerprint density at radius 2 is 2.40 bits per heavy atom. The van der Waals surface area contributed by atoms with E-state index >= 15 is 0 Å². The summed E-state index contributed by atoms with van der Waals surface area (Å²) < 4.78 is 3.48. The number of nitrogens with zero attached hydrogens (tertiary/aromatic N) is 2. The summed E-state index contributed by atoms with van der Waals surface area (Å²) in [5, 5.41) is 0.165. The second-order valence-corrected chi connectivity index (χ2v) is 2.17. The quantitative estimate of drug-likeness (QED) is 0.457. The Morgan fingerprint density at radius 3 is 2.80 bits per heavy atom. The maximum Gasteiger partial charge on any atom is 0.281 e. The molecule has 6 heteroatoms. The predicted molar refractivity (Wildman–Crippen MR) is 34.3 cm³/mol. The number of hydrogen-bond acceptors (Lipinski definition) is 6. The van der Waals surface area contributed by atoms with Gasteiger partial charge in [0.25, 0.3) is 12.1 Å². The van der Waals surface area contributed by atoms with Crippen molar-refractivity contribution >= 4 is 28.7 Å². The second kappa shape index (κ2) is 2.53. The number of hydrogen-bond donors (Lipinski definition) is 1. The van der Waals surface area contributed by atoms with Crippen molar-refractivity contribution in [3.63, 3.8) is 0 Å². The minimum Gasteiger partial charge on any atom is -0.374 e. The fourth-order valence-electron chi connectivity index (χ4n) is 0.373. The summed E-state index contributed by atoms with van der Waals surface area (Å²) in [4.78, 5) is 23.6. The van der Waals surface area contributed by atoms with Gasteiger partial charge < -0.3 is 5.73 Å². The van der Waals surface area contributed by atoms with Crippen LogP contribution in [0.15, 0.2) is 0 Å². The number of ketones is 1. The highest BCUT2D eigenvalue weighted by Gasteiger charge is 2.10. The molecule has 0 bridgehead atoms. The van der Waals surface area contributed by atoms with Crippen molar-refractivity contribution in [3.8, 4) is 0 Å². The Kier molecular flexibility index (Phi) is 1.72. The first-order chi connectivity index (χ1) is 4.74. The van der Waals surface area contributed by atoms with Crippen LogP contribution in [0.25, 0.3) is 0 Å². The van der Waals surface area contributed by atoms with Gasteiger partial charge in [0.05, 0.1) is 0 Å². The minimum atomic E-state index is -0.868. The number of aromatic nitrogens is 2. The fourth-order valence-corrected chi connectivity index (χ4v) is 0.804. The molecule has 0 aromatic carbocycles. The number of carbonyl (C=O) groups is 1. The van der Waals surface area contributed by atoms with Gasteiger partial charge in [0.15, 0.2) is 5.13 Å². The van der Waals surface area contributed by atoms with Crippen molar-refractivity contribution < 1.29 is 9.59 Å². The van der Waals surface area contributed by atoms with Gasteiger partial charge in [0, 0.05) is 11.5 Å². The minimum absolute atomic E-state index is 0.165. The third-order valence-electron chi connectivity index (χ3n) is 0.738. The molecule has 0 amide bonds. The molecule has 1 heterocycles. The van der Waals surface area contributed by atoms with Crippen LogP contribution < -0.4 is 5.73 Å². The average molecular weight is 156 g/mol. The first-order valence-electron chi connectivity index (χ1n) is 2.25. The van der Waals surface area contributed by atoms with Crippen LogP contribution in [0, 0.1) is 0 Å². The fraction of sp³-hybridized carbons (Fsp3) is 0. The maximum absolute atomic E-state index is 10.4. The van der Waals surface area contributed by atoms with Crippen molar-refractivity contribution in [1.29, 1.82) is 0 Å². The standard InChI is InChI=1S/C4H2N3O2S/c5-4-6-3(7-10-4)2(9)1-8/h(H2,5,6,7). The number of nitrogen functional groups attached to an aromatic ring is 1. The first kappa shape index (κ1) is 6.81. The summed E-state index contributed by atoms with van der Waals surface area (Å²) in [6, 6.07) is 0. The van der Waals surface area contributed by atoms with Crippen LogP contribution in [0.5, 0.6) is 0 Å². The summed E-state index contributed by atoms with van der Waals surface area (Å²) in [5.41, 5.74) is 5.13. The molecular weight excluding hydrogens is 154 g/mol. The SMILES string of the molecule is Nc1nc(C(=O)[C]=O)ns1. The molecule has 0 aliphatic carbocycles. The lowest BCUT2D eigenvalue weighted by Gasteiger charge is -1.76. The molecule has 0 fully saturated rings. The van der Waals surface area contributed by atoms with Gasteiger partial charge in [0.2, 0.25) is 5.82 Å². The molecule has 0 saturated carbocycles. The molecule has 0 spiro atoms.